The third kappa shape index (κ3) is 1.53. The van der Waals surface area contributed by atoms with E-state index < -0.39 is 0 Å². The number of fused-ring (bicyclic) bond motifs is 5. The number of para-hydroxylation sites is 1. The number of hydrogen-bond donors (Lipinski definition) is 0. The van der Waals surface area contributed by atoms with Gasteiger partial charge in [-0.15, -0.1) is 6.58 Å². The van der Waals surface area contributed by atoms with Crippen LogP contribution < -0.4 is 4.90 Å². The van der Waals surface area contributed by atoms with E-state index in [2.05, 4.69) is 34.6 Å². The van der Waals surface area contributed by atoms with E-state index in [1.54, 1.807) is 0 Å². The van der Waals surface area contributed by atoms with Crippen molar-refractivity contribution in [2.45, 2.75) is 31.3 Å². The molecule has 0 radical (unpaired) electrons. The van der Waals surface area contributed by atoms with E-state index >= 15 is 0 Å². The molecule has 1 aromatic carbocycles. The van der Waals surface area contributed by atoms with Crippen LogP contribution in [0.1, 0.15) is 18.4 Å². The minimum atomic E-state index is 0.196. The summed E-state index contributed by atoms with van der Waals surface area (Å²) in [6.45, 7) is 5.87. The van der Waals surface area contributed by atoms with Crippen molar-refractivity contribution in [1.29, 1.82) is 0 Å². The Kier molecular flexibility index (Phi) is 2.71. The lowest BCUT2D eigenvalue weighted by molar-refractivity contribution is -0.122. The first-order chi connectivity index (χ1) is 9.81. The lowest BCUT2D eigenvalue weighted by atomic mass is 9.86. The minimum absolute atomic E-state index is 0.196. The highest BCUT2D eigenvalue weighted by molar-refractivity contribution is 6.01. The topological polar surface area (TPSA) is 23.6 Å². The molecule has 3 nitrogen and oxygen atoms in total. The lowest BCUT2D eigenvalue weighted by Crippen LogP contribution is -2.49. The molecule has 4 rings (SSSR count). The Hall–Kier alpha value is -1.61. The normalized spacial score (nSPS) is 31.9. The van der Waals surface area contributed by atoms with Crippen LogP contribution in [0.4, 0.5) is 5.69 Å². The summed E-state index contributed by atoms with van der Waals surface area (Å²) in [5.74, 6) is 0.542. The van der Waals surface area contributed by atoms with Gasteiger partial charge in [-0.1, -0.05) is 24.3 Å². The molecule has 0 saturated carbocycles. The fraction of sp³-hybridized carbons (Fsp3) is 0.471. The van der Waals surface area contributed by atoms with Crippen molar-refractivity contribution in [3.05, 3.63) is 42.5 Å². The monoisotopic (exact) mass is 268 g/mol. The SMILES string of the molecule is C=CCN1CCC[C@H]2C(=O)N3c4ccccc4C[C@H]3[C@@H]21. The molecule has 3 heteroatoms. The first-order valence-electron chi connectivity index (χ1n) is 7.57. The molecule has 3 heterocycles. The van der Waals surface area contributed by atoms with Gasteiger partial charge in [-0.3, -0.25) is 9.69 Å². The van der Waals surface area contributed by atoms with E-state index in [9.17, 15) is 4.79 Å². The molecule has 2 saturated heterocycles. The van der Waals surface area contributed by atoms with E-state index in [0.29, 0.717) is 18.0 Å². The number of carbonyl (C=O) groups is 1. The van der Waals surface area contributed by atoms with Crippen molar-refractivity contribution < 1.29 is 4.79 Å². The van der Waals surface area contributed by atoms with Crippen molar-refractivity contribution in [3.8, 4) is 0 Å². The van der Waals surface area contributed by atoms with Crippen LogP contribution in [0.25, 0.3) is 0 Å². The predicted molar refractivity (Wildman–Crippen MR) is 79.7 cm³/mol. The molecule has 3 atom stereocenters. The second kappa shape index (κ2) is 4.45. The van der Waals surface area contributed by atoms with Gasteiger partial charge in [0.25, 0.3) is 0 Å². The average Bonchev–Trinajstić information content (AvgIpc) is 2.97. The molecule has 3 aliphatic heterocycles. The fourth-order valence-electron chi connectivity index (χ4n) is 4.40. The van der Waals surface area contributed by atoms with Crippen LogP contribution in [0.15, 0.2) is 36.9 Å². The fourth-order valence-corrected chi connectivity index (χ4v) is 4.40. The van der Waals surface area contributed by atoms with Crippen LogP contribution in [0.5, 0.6) is 0 Å². The smallest absolute Gasteiger partial charge is 0.232 e. The van der Waals surface area contributed by atoms with Crippen molar-refractivity contribution in [2.75, 3.05) is 18.0 Å². The number of rotatable bonds is 2. The Morgan fingerprint density at radius 2 is 2.20 bits per heavy atom. The maximum absolute atomic E-state index is 12.8. The number of benzene rings is 1. The molecule has 104 valence electrons. The third-order valence-corrected chi connectivity index (χ3v) is 5.12. The summed E-state index contributed by atoms with van der Waals surface area (Å²) in [5.41, 5.74) is 2.48. The first kappa shape index (κ1) is 12.2. The number of carbonyl (C=O) groups excluding carboxylic acids is 1. The molecular formula is C17H20N2O. The van der Waals surface area contributed by atoms with Gasteiger partial charge in [0, 0.05) is 18.3 Å². The summed E-state index contributed by atoms with van der Waals surface area (Å²) in [6, 6.07) is 9.09. The van der Waals surface area contributed by atoms with Crippen molar-refractivity contribution in [2.24, 2.45) is 5.92 Å². The largest absolute Gasteiger partial charge is 0.307 e. The second-order valence-corrected chi connectivity index (χ2v) is 6.13. The summed E-state index contributed by atoms with van der Waals surface area (Å²) in [6.07, 6.45) is 5.16. The van der Waals surface area contributed by atoms with Crippen molar-refractivity contribution >= 4 is 11.6 Å². The van der Waals surface area contributed by atoms with Gasteiger partial charge in [-0.05, 0) is 37.4 Å². The van der Waals surface area contributed by atoms with E-state index in [4.69, 9.17) is 0 Å². The van der Waals surface area contributed by atoms with Crippen LogP contribution >= 0.6 is 0 Å². The van der Waals surface area contributed by atoms with Crippen LogP contribution in [0.2, 0.25) is 0 Å². The first-order valence-corrected chi connectivity index (χ1v) is 7.57. The molecule has 0 aliphatic carbocycles. The predicted octanol–water partition coefficient (Wildman–Crippen LogP) is 2.22. The van der Waals surface area contributed by atoms with E-state index in [1.807, 2.05) is 12.1 Å². The third-order valence-electron chi connectivity index (χ3n) is 5.12. The van der Waals surface area contributed by atoms with Gasteiger partial charge in [-0.2, -0.15) is 0 Å². The van der Waals surface area contributed by atoms with Gasteiger partial charge in [-0.25, -0.2) is 0 Å². The highest BCUT2D eigenvalue weighted by atomic mass is 16.2. The van der Waals surface area contributed by atoms with Crippen LogP contribution in [-0.4, -0.2) is 36.0 Å². The molecule has 20 heavy (non-hydrogen) atoms. The summed E-state index contributed by atoms with van der Waals surface area (Å²) in [4.78, 5) is 17.4. The molecule has 1 amide bonds. The van der Waals surface area contributed by atoms with E-state index in [-0.39, 0.29) is 5.92 Å². The van der Waals surface area contributed by atoms with Crippen molar-refractivity contribution in [1.82, 2.24) is 4.90 Å². The number of hydrogen-bond acceptors (Lipinski definition) is 2. The van der Waals surface area contributed by atoms with Crippen molar-refractivity contribution in [3.63, 3.8) is 0 Å². The lowest BCUT2D eigenvalue weighted by Gasteiger charge is -2.37. The Morgan fingerprint density at radius 1 is 1.35 bits per heavy atom. The summed E-state index contributed by atoms with van der Waals surface area (Å²) >= 11 is 0. The molecule has 0 spiro atoms. The second-order valence-electron chi connectivity index (χ2n) is 6.13. The van der Waals surface area contributed by atoms with Crippen LogP contribution in [-0.2, 0) is 11.2 Å². The Labute approximate surface area is 119 Å². The molecule has 3 aliphatic rings. The number of anilines is 1. The van der Waals surface area contributed by atoms with Crippen LogP contribution in [0, 0.1) is 5.92 Å². The molecular weight excluding hydrogens is 248 g/mol. The Bertz CT molecular complexity index is 568. The molecule has 0 unspecified atom stereocenters. The number of piperidine rings is 1. The van der Waals surface area contributed by atoms with Gasteiger partial charge in [0.2, 0.25) is 5.91 Å². The summed E-state index contributed by atoms with van der Waals surface area (Å²) in [5, 5.41) is 0. The highest BCUT2D eigenvalue weighted by Gasteiger charge is 2.54. The van der Waals surface area contributed by atoms with Gasteiger partial charge < -0.3 is 4.90 Å². The number of amides is 1. The Balaban J connectivity index is 1.74. The zero-order chi connectivity index (χ0) is 13.7. The number of likely N-dealkylation sites (tertiary alicyclic amines) is 1. The summed E-state index contributed by atoms with van der Waals surface area (Å²) in [7, 11) is 0. The molecule has 1 aromatic rings. The van der Waals surface area contributed by atoms with Gasteiger partial charge >= 0.3 is 0 Å². The van der Waals surface area contributed by atoms with Gasteiger partial charge in [0.1, 0.15) is 0 Å². The summed E-state index contributed by atoms with van der Waals surface area (Å²) < 4.78 is 0. The molecule has 2 fully saturated rings. The number of nitrogens with zero attached hydrogens (tertiary/aromatic N) is 2. The molecule has 0 bridgehead atoms. The maximum Gasteiger partial charge on any atom is 0.232 e. The van der Waals surface area contributed by atoms with Crippen LogP contribution in [0.3, 0.4) is 0 Å². The maximum atomic E-state index is 12.8. The highest BCUT2D eigenvalue weighted by Crippen LogP contribution is 2.45. The minimum Gasteiger partial charge on any atom is -0.307 e. The van der Waals surface area contributed by atoms with Gasteiger partial charge in [0.05, 0.1) is 12.0 Å². The standard InChI is InChI=1S/C17H20N2O/c1-2-9-18-10-5-7-13-16(18)15-11-12-6-3-4-8-14(12)19(15)17(13)20/h2-4,6,8,13,15-16H,1,5,7,9-11H2/t13-,15+,16-/m1/s1. The zero-order valence-corrected chi connectivity index (χ0v) is 11.7. The molecule has 0 aromatic heterocycles. The quantitative estimate of drug-likeness (QED) is 0.768. The Morgan fingerprint density at radius 3 is 3.05 bits per heavy atom. The molecule has 0 N–H and O–H groups in total. The van der Waals surface area contributed by atoms with E-state index in [1.165, 1.54) is 5.56 Å². The average molecular weight is 268 g/mol. The van der Waals surface area contributed by atoms with E-state index in [0.717, 1.165) is 38.0 Å². The zero-order valence-electron chi connectivity index (χ0n) is 11.7. The van der Waals surface area contributed by atoms with Gasteiger partial charge in [0.15, 0.2) is 0 Å².